The van der Waals surface area contributed by atoms with Crippen LogP contribution < -0.4 is 0 Å². The molecule has 28 heavy (non-hydrogen) atoms. The molecule has 0 radical (unpaired) electrons. The molecule has 0 N–H and O–H groups in total. The number of non-ortho nitro benzene ring substituents is 1. The number of amides is 1. The summed E-state index contributed by atoms with van der Waals surface area (Å²) >= 11 is 6.01. The molecule has 0 aromatic heterocycles. The molecular formula is C16H13ClN4O7. The fraction of sp³-hybridized carbons (Fsp3) is 0.188. The van der Waals surface area contributed by atoms with Crippen LogP contribution in [-0.2, 0) is 6.54 Å². The smallest absolute Gasteiger partial charge is 0.279 e. The van der Waals surface area contributed by atoms with Crippen LogP contribution in [0.25, 0.3) is 0 Å². The van der Waals surface area contributed by atoms with Crippen LogP contribution in [-0.4, -0.2) is 32.6 Å². The van der Waals surface area contributed by atoms with Crippen molar-refractivity contribution in [2.24, 2.45) is 0 Å². The van der Waals surface area contributed by atoms with E-state index in [4.69, 9.17) is 11.6 Å². The van der Waals surface area contributed by atoms with Gasteiger partial charge < -0.3 is 4.90 Å². The van der Waals surface area contributed by atoms with Crippen LogP contribution in [0.5, 0.6) is 0 Å². The van der Waals surface area contributed by atoms with Crippen LogP contribution >= 0.6 is 11.6 Å². The third kappa shape index (κ3) is 4.20. The first-order valence-corrected chi connectivity index (χ1v) is 8.02. The number of rotatable bonds is 6. The minimum atomic E-state index is -0.809. The Bertz CT molecular complexity index is 973. The van der Waals surface area contributed by atoms with Crippen molar-refractivity contribution in [1.82, 2.24) is 4.90 Å². The molecule has 146 valence electrons. The molecule has 0 saturated heterocycles. The topological polar surface area (TPSA) is 150 Å². The first kappa shape index (κ1) is 20.7. The standard InChI is InChI=1S/C16H13ClN4O7/c1-9-14(20(25)26)6-10(7-15(9)21(27)28)16(22)18(2)8-11-5-12(19(23)24)3-4-13(11)17/h3-7H,8H2,1-2H3. The molecule has 0 aliphatic rings. The van der Waals surface area contributed by atoms with Gasteiger partial charge in [-0.25, -0.2) is 0 Å². The van der Waals surface area contributed by atoms with Crippen LogP contribution in [0.15, 0.2) is 30.3 Å². The fourth-order valence-electron chi connectivity index (χ4n) is 2.53. The Morgan fingerprint density at radius 1 is 1.00 bits per heavy atom. The molecule has 12 heteroatoms. The zero-order valence-corrected chi connectivity index (χ0v) is 15.4. The Labute approximate surface area is 162 Å². The number of nitro groups is 3. The van der Waals surface area contributed by atoms with Crippen LogP contribution in [0.3, 0.4) is 0 Å². The second-order valence-corrected chi connectivity index (χ2v) is 6.25. The van der Waals surface area contributed by atoms with Crippen LogP contribution in [0, 0.1) is 37.3 Å². The summed E-state index contributed by atoms with van der Waals surface area (Å²) in [5.41, 5.74) is -1.48. The Balaban J connectivity index is 2.41. The molecule has 0 unspecified atom stereocenters. The monoisotopic (exact) mass is 408 g/mol. The average molecular weight is 409 g/mol. The molecule has 0 atom stereocenters. The zero-order chi connectivity index (χ0) is 21.2. The third-order valence-electron chi connectivity index (χ3n) is 3.99. The number of nitro benzene ring substituents is 3. The molecule has 11 nitrogen and oxygen atoms in total. The Morgan fingerprint density at radius 3 is 2.00 bits per heavy atom. The predicted octanol–water partition coefficient (Wildman–Crippen LogP) is 3.65. The van der Waals surface area contributed by atoms with E-state index >= 15 is 0 Å². The van der Waals surface area contributed by atoms with Crippen molar-refractivity contribution in [3.8, 4) is 0 Å². The minimum absolute atomic E-state index is 0.144. The molecule has 0 heterocycles. The summed E-state index contributed by atoms with van der Waals surface area (Å²) in [7, 11) is 1.34. The van der Waals surface area contributed by atoms with E-state index < -0.39 is 32.1 Å². The van der Waals surface area contributed by atoms with Gasteiger partial charge in [0.2, 0.25) is 0 Å². The van der Waals surface area contributed by atoms with E-state index in [1.807, 2.05) is 0 Å². The van der Waals surface area contributed by atoms with Gasteiger partial charge in [0.05, 0.1) is 20.3 Å². The second kappa shape index (κ2) is 7.96. The molecule has 0 aliphatic carbocycles. The molecule has 0 fully saturated rings. The van der Waals surface area contributed by atoms with Gasteiger partial charge in [0.15, 0.2) is 0 Å². The summed E-state index contributed by atoms with van der Waals surface area (Å²) in [6, 6.07) is 5.63. The first-order chi connectivity index (χ1) is 13.0. The number of hydrogen-bond donors (Lipinski definition) is 0. The zero-order valence-electron chi connectivity index (χ0n) is 14.6. The van der Waals surface area contributed by atoms with Gasteiger partial charge in [0, 0.05) is 42.9 Å². The highest BCUT2D eigenvalue weighted by molar-refractivity contribution is 6.31. The SMILES string of the molecule is Cc1c([N+](=O)[O-])cc(C(=O)N(C)Cc2cc([N+](=O)[O-])ccc2Cl)cc1[N+](=O)[O-]. The summed E-state index contributed by atoms with van der Waals surface area (Å²) in [6.07, 6.45) is 0. The van der Waals surface area contributed by atoms with Gasteiger partial charge in [-0.2, -0.15) is 0 Å². The molecule has 2 aromatic carbocycles. The van der Waals surface area contributed by atoms with E-state index in [0.717, 1.165) is 17.0 Å². The lowest BCUT2D eigenvalue weighted by Crippen LogP contribution is -2.26. The normalized spacial score (nSPS) is 10.4. The predicted molar refractivity (Wildman–Crippen MR) is 98.4 cm³/mol. The lowest BCUT2D eigenvalue weighted by atomic mass is 10.1. The van der Waals surface area contributed by atoms with Gasteiger partial charge in [-0.1, -0.05) is 11.6 Å². The highest BCUT2D eigenvalue weighted by Gasteiger charge is 2.26. The fourth-order valence-corrected chi connectivity index (χ4v) is 2.71. The third-order valence-corrected chi connectivity index (χ3v) is 4.36. The van der Waals surface area contributed by atoms with Crippen molar-refractivity contribution in [1.29, 1.82) is 0 Å². The maximum atomic E-state index is 12.6. The van der Waals surface area contributed by atoms with Gasteiger partial charge >= 0.3 is 0 Å². The number of carbonyl (C=O) groups excluding carboxylic acids is 1. The molecule has 2 rings (SSSR count). The number of hydrogen-bond acceptors (Lipinski definition) is 7. The van der Waals surface area contributed by atoms with Crippen LogP contribution in [0.1, 0.15) is 21.5 Å². The molecule has 0 aliphatic heterocycles. The highest BCUT2D eigenvalue weighted by atomic mass is 35.5. The van der Waals surface area contributed by atoms with Gasteiger partial charge in [-0.05, 0) is 18.6 Å². The number of nitrogens with zero attached hydrogens (tertiary/aromatic N) is 4. The van der Waals surface area contributed by atoms with Crippen molar-refractivity contribution < 1.29 is 19.6 Å². The van der Waals surface area contributed by atoms with Gasteiger partial charge in [0.25, 0.3) is 23.0 Å². The quantitative estimate of drug-likeness (QED) is 0.522. The van der Waals surface area contributed by atoms with Gasteiger partial charge in [-0.15, -0.1) is 0 Å². The lowest BCUT2D eigenvalue weighted by Gasteiger charge is -2.18. The Kier molecular flexibility index (Phi) is 5.89. The molecule has 0 saturated carbocycles. The van der Waals surface area contributed by atoms with Crippen LogP contribution in [0.2, 0.25) is 5.02 Å². The summed E-state index contributed by atoms with van der Waals surface area (Å²) in [4.78, 5) is 44.7. The molecular weight excluding hydrogens is 396 g/mol. The van der Waals surface area contributed by atoms with Crippen molar-refractivity contribution in [2.75, 3.05) is 7.05 Å². The lowest BCUT2D eigenvalue weighted by molar-refractivity contribution is -0.395. The van der Waals surface area contributed by atoms with E-state index in [9.17, 15) is 35.1 Å². The molecule has 2 aromatic rings. The summed E-state index contributed by atoms with van der Waals surface area (Å²) in [5.74, 6) is -0.742. The van der Waals surface area contributed by atoms with Crippen molar-refractivity contribution in [3.05, 3.63) is 82.4 Å². The van der Waals surface area contributed by atoms with Crippen molar-refractivity contribution in [3.63, 3.8) is 0 Å². The number of benzene rings is 2. The Morgan fingerprint density at radius 2 is 1.54 bits per heavy atom. The molecule has 1 amide bonds. The molecule has 0 bridgehead atoms. The van der Waals surface area contributed by atoms with Crippen molar-refractivity contribution in [2.45, 2.75) is 13.5 Å². The Hall–Kier alpha value is -3.60. The number of halogens is 1. The highest BCUT2D eigenvalue weighted by Crippen LogP contribution is 2.30. The van der Waals surface area contributed by atoms with E-state index in [2.05, 4.69) is 0 Å². The maximum absolute atomic E-state index is 12.6. The first-order valence-electron chi connectivity index (χ1n) is 7.64. The van der Waals surface area contributed by atoms with E-state index in [1.165, 1.54) is 32.2 Å². The van der Waals surface area contributed by atoms with Crippen molar-refractivity contribution >= 4 is 34.6 Å². The molecule has 0 spiro atoms. The summed E-state index contributed by atoms with van der Waals surface area (Å²) < 4.78 is 0. The minimum Gasteiger partial charge on any atom is -0.337 e. The largest absolute Gasteiger partial charge is 0.337 e. The van der Waals surface area contributed by atoms with E-state index in [0.29, 0.717) is 0 Å². The van der Waals surface area contributed by atoms with E-state index in [1.54, 1.807) is 0 Å². The van der Waals surface area contributed by atoms with Gasteiger partial charge in [0.1, 0.15) is 5.56 Å². The second-order valence-electron chi connectivity index (χ2n) is 5.85. The summed E-state index contributed by atoms with van der Waals surface area (Å²) in [5, 5.41) is 33.4. The maximum Gasteiger partial charge on any atom is 0.279 e. The van der Waals surface area contributed by atoms with Gasteiger partial charge in [-0.3, -0.25) is 35.1 Å². The average Bonchev–Trinajstić information content (AvgIpc) is 2.62. The number of carbonyl (C=O) groups is 1. The van der Waals surface area contributed by atoms with Crippen LogP contribution in [0.4, 0.5) is 17.1 Å². The summed E-state index contributed by atoms with van der Waals surface area (Å²) in [6.45, 7) is 1.08. The van der Waals surface area contributed by atoms with E-state index in [-0.39, 0.29) is 33.9 Å².